The lowest BCUT2D eigenvalue weighted by molar-refractivity contribution is 0.0709. The van der Waals surface area contributed by atoms with Crippen LogP contribution in [0.3, 0.4) is 0 Å². The van der Waals surface area contributed by atoms with Crippen molar-refractivity contribution in [3.63, 3.8) is 0 Å². The fourth-order valence-electron chi connectivity index (χ4n) is 3.42. The van der Waals surface area contributed by atoms with Gasteiger partial charge in [-0.2, -0.15) is 0 Å². The van der Waals surface area contributed by atoms with Crippen LogP contribution in [-0.4, -0.2) is 59.8 Å². The molecule has 0 spiro atoms. The number of aliphatic hydroxyl groups is 1. The van der Waals surface area contributed by atoms with E-state index in [1.54, 1.807) is 0 Å². The fourth-order valence-corrected chi connectivity index (χ4v) is 3.42. The molecule has 0 amide bonds. The van der Waals surface area contributed by atoms with E-state index in [4.69, 9.17) is 0 Å². The normalized spacial score (nSPS) is 36.4. The molecule has 16 heavy (non-hydrogen) atoms. The predicted octanol–water partition coefficient (Wildman–Crippen LogP) is 1.32. The van der Waals surface area contributed by atoms with Gasteiger partial charge < -0.3 is 5.11 Å². The van der Waals surface area contributed by atoms with Crippen LogP contribution in [0.5, 0.6) is 0 Å². The second-order valence-electron chi connectivity index (χ2n) is 5.43. The molecule has 0 aromatic carbocycles. The van der Waals surface area contributed by atoms with Crippen molar-refractivity contribution in [2.75, 3.05) is 26.7 Å². The van der Waals surface area contributed by atoms with Gasteiger partial charge in [0.25, 0.3) is 0 Å². The van der Waals surface area contributed by atoms with E-state index in [2.05, 4.69) is 23.8 Å². The van der Waals surface area contributed by atoms with Crippen LogP contribution in [0.15, 0.2) is 0 Å². The molecule has 2 rings (SSSR count). The highest BCUT2D eigenvalue weighted by Crippen LogP contribution is 2.25. The number of likely N-dealkylation sites (tertiary alicyclic amines) is 1. The summed E-state index contributed by atoms with van der Waals surface area (Å²) in [4.78, 5) is 4.98. The standard InChI is InChI=1S/C13H26N2O/c1-3-15-9-5-6-11(15)10-14(2)12-7-4-8-13(12)16/h11-13,16H,3-10H2,1-2H3/t11?,12-,13-/m0/s1. The van der Waals surface area contributed by atoms with Crippen molar-refractivity contribution < 1.29 is 5.11 Å². The van der Waals surface area contributed by atoms with E-state index < -0.39 is 0 Å². The zero-order chi connectivity index (χ0) is 11.5. The van der Waals surface area contributed by atoms with Gasteiger partial charge >= 0.3 is 0 Å². The molecule has 1 saturated heterocycles. The van der Waals surface area contributed by atoms with Crippen LogP contribution in [0, 0.1) is 0 Å². The Morgan fingerprint density at radius 1 is 1.25 bits per heavy atom. The van der Waals surface area contributed by atoms with Gasteiger partial charge in [0.05, 0.1) is 6.10 Å². The Labute approximate surface area is 99.4 Å². The maximum absolute atomic E-state index is 9.90. The van der Waals surface area contributed by atoms with E-state index in [0.717, 1.165) is 19.0 Å². The molecule has 1 heterocycles. The third-order valence-electron chi connectivity index (χ3n) is 4.41. The van der Waals surface area contributed by atoms with E-state index >= 15 is 0 Å². The average molecular weight is 226 g/mol. The minimum atomic E-state index is -0.0820. The highest BCUT2D eigenvalue weighted by Gasteiger charge is 2.31. The molecule has 3 atom stereocenters. The molecule has 2 fully saturated rings. The molecule has 3 heteroatoms. The Kier molecular flexibility index (Phi) is 4.22. The van der Waals surface area contributed by atoms with Gasteiger partial charge in [-0.05, 0) is 52.2 Å². The number of hydrogen-bond donors (Lipinski definition) is 1. The van der Waals surface area contributed by atoms with Crippen LogP contribution in [0.4, 0.5) is 0 Å². The van der Waals surface area contributed by atoms with Gasteiger partial charge in [0, 0.05) is 18.6 Å². The maximum Gasteiger partial charge on any atom is 0.0695 e. The molecular weight excluding hydrogens is 200 g/mol. The summed E-state index contributed by atoms with van der Waals surface area (Å²) < 4.78 is 0. The van der Waals surface area contributed by atoms with E-state index in [-0.39, 0.29) is 6.10 Å². The van der Waals surface area contributed by atoms with Crippen LogP contribution in [0.2, 0.25) is 0 Å². The minimum absolute atomic E-state index is 0.0820. The lowest BCUT2D eigenvalue weighted by Gasteiger charge is -2.32. The Morgan fingerprint density at radius 2 is 2.06 bits per heavy atom. The summed E-state index contributed by atoms with van der Waals surface area (Å²) in [6.45, 7) is 5.83. The first-order chi connectivity index (χ1) is 7.72. The molecule has 0 aromatic rings. The molecule has 94 valence electrons. The van der Waals surface area contributed by atoms with Gasteiger partial charge in [-0.3, -0.25) is 9.80 Å². The molecule has 0 aromatic heterocycles. The summed E-state index contributed by atoms with van der Waals surface area (Å²) in [5.74, 6) is 0. The Balaban J connectivity index is 1.84. The monoisotopic (exact) mass is 226 g/mol. The molecule has 1 aliphatic heterocycles. The number of aliphatic hydroxyl groups excluding tert-OH is 1. The maximum atomic E-state index is 9.90. The summed E-state index contributed by atoms with van der Waals surface area (Å²) >= 11 is 0. The van der Waals surface area contributed by atoms with Crippen LogP contribution >= 0.6 is 0 Å². The number of rotatable bonds is 4. The topological polar surface area (TPSA) is 26.7 Å². The Bertz CT molecular complexity index is 222. The Morgan fingerprint density at radius 3 is 2.69 bits per heavy atom. The van der Waals surface area contributed by atoms with Crippen LogP contribution in [0.1, 0.15) is 39.0 Å². The summed E-state index contributed by atoms with van der Waals surface area (Å²) in [6, 6.07) is 1.14. The molecule has 3 nitrogen and oxygen atoms in total. The van der Waals surface area contributed by atoms with Gasteiger partial charge in [0.1, 0.15) is 0 Å². The third kappa shape index (κ3) is 2.58. The number of likely N-dealkylation sites (N-methyl/N-ethyl adjacent to an activating group) is 2. The minimum Gasteiger partial charge on any atom is -0.391 e. The quantitative estimate of drug-likeness (QED) is 0.783. The second kappa shape index (κ2) is 5.48. The largest absolute Gasteiger partial charge is 0.391 e. The average Bonchev–Trinajstić information content (AvgIpc) is 2.86. The second-order valence-corrected chi connectivity index (χ2v) is 5.43. The number of nitrogens with zero attached hydrogens (tertiary/aromatic N) is 2. The third-order valence-corrected chi connectivity index (χ3v) is 4.41. The zero-order valence-electron chi connectivity index (χ0n) is 10.7. The van der Waals surface area contributed by atoms with Crippen LogP contribution < -0.4 is 0 Å². The summed E-state index contributed by atoms with van der Waals surface area (Å²) in [7, 11) is 2.19. The van der Waals surface area contributed by atoms with Gasteiger partial charge in [-0.25, -0.2) is 0 Å². The zero-order valence-corrected chi connectivity index (χ0v) is 10.7. The molecule has 0 radical (unpaired) electrons. The number of hydrogen-bond acceptors (Lipinski definition) is 3. The molecule has 1 N–H and O–H groups in total. The van der Waals surface area contributed by atoms with Gasteiger partial charge in [-0.1, -0.05) is 6.92 Å². The summed E-state index contributed by atoms with van der Waals surface area (Å²) in [6.07, 6.45) is 5.97. The molecule has 1 unspecified atom stereocenters. The smallest absolute Gasteiger partial charge is 0.0695 e. The van der Waals surface area contributed by atoms with Gasteiger partial charge in [0.2, 0.25) is 0 Å². The first-order valence-electron chi connectivity index (χ1n) is 6.84. The van der Waals surface area contributed by atoms with E-state index in [1.807, 2.05) is 0 Å². The molecule has 0 bridgehead atoms. The van der Waals surface area contributed by atoms with Crippen molar-refractivity contribution >= 4 is 0 Å². The van der Waals surface area contributed by atoms with E-state index in [1.165, 1.54) is 38.8 Å². The van der Waals surface area contributed by atoms with Crippen molar-refractivity contribution in [3.05, 3.63) is 0 Å². The van der Waals surface area contributed by atoms with Crippen molar-refractivity contribution in [3.8, 4) is 0 Å². The Hall–Kier alpha value is -0.120. The van der Waals surface area contributed by atoms with Gasteiger partial charge in [0.15, 0.2) is 0 Å². The van der Waals surface area contributed by atoms with E-state index in [0.29, 0.717) is 6.04 Å². The first kappa shape index (κ1) is 12.3. The SMILES string of the molecule is CCN1CCCC1CN(C)[C@H]1CCC[C@@H]1O. The summed E-state index contributed by atoms with van der Waals surface area (Å²) in [5.41, 5.74) is 0. The molecule has 2 aliphatic rings. The molecule has 1 aliphatic carbocycles. The van der Waals surface area contributed by atoms with Crippen molar-refractivity contribution in [2.24, 2.45) is 0 Å². The first-order valence-corrected chi connectivity index (χ1v) is 6.84. The summed E-state index contributed by atoms with van der Waals surface area (Å²) in [5, 5.41) is 9.90. The highest BCUT2D eigenvalue weighted by molar-refractivity contribution is 4.87. The van der Waals surface area contributed by atoms with Gasteiger partial charge in [-0.15, -0.1) is 0 Å². The van der Waals surface area contributed by atoms with Crippen LogP contribution in [-0.2, 0) is 0 Å². The van der Waals surface area contributed by atoms with Crippen molar-refractivity contribution in [1.82, 2.24) is 9.80 Å². The van der Waals surface area contributed by atoms with Crippen molar-refractivity contribution in [1.29, 1.82) is 0 Å². The van der Waals surface area contributed by atoms with Crippen molar-refractivity contribution in [2.45, 2.75) is 57.2 Å². The molecule has 1 saturated carbocycles. The lowest BCUT2D eigenvalue weighted by Crippen LogP contribution is -2.45. The molecular formula is C13H26N2O. The van der Waals surface area contributed by atoms with E-state index in [9.17, 15) is 5.11 Å². The lowest BCUT2D eigenvalue weighted by atomic mass is 10.1. The van der Waals surface area contributed by atoms with Crippen LogP contribution in [0.25, 0.3) is 0 Å². The predicted molar refractivity (Wildman–Crippen MR) is 66.5 cm³/mol. The fraction of sp³-hybridized carbons (Fsp3) is 1.00. The highest BCUT2D eigenvalue weighted by atomic mass is 16.3.